The topological polar surface area (TPSA) is 78.9 Å². The molecule has 6 nitrogen and oxygen atoms in total. The first-order chi connectivity index (χ1) is 31.5. The van der Waals surface area contributed by atoms with Crippen LogP contribution >= 0.6 is 0 Å². The van der Waals surface area contributed by atoms with Crippen molar-refractivity contribution in [2.24, 2.45) is 0 Å². The van der Waals surface area contributed by atoms with Gasteiger partial charge in [-0.3, -0.25) is 14.4 Å². The zero-order valence-electron chi connectivity index (χ0n) is 41.3. The molecule has 0 aromatic heterocycles. The van der Waals surface area contributed by atoms with Crippen molar-refractivity contribution in [3.8, 4) is 0 Å². The Morgan fingerprint density at radius 3 is 1.16 bits per heavy atom. The summed E-state index contributed by atoms with van der Waals surface area (Å²) in [6, 6.07) is 0. The summed E-state index contributed by atoms with van der Waals surface area (Å²) < 4.78 is 16.8. The Morgan fingerprint density at radius 1 is 0.344 bits per heavy atom. The highest BCUT2D eigenvalue weighted by Crippen LogP contribution is 2.14. The molecule has 0 aromatic carbocycles. The van der Waals surface area contributed by atoms with Crippen LogP contribution < -0.4 is 0 Å². The highest BCUT2D eigenvalue weighted by Gasteiger charge is 2.19. The average Bonchev–Trinajstić information content (AvgIpc) is 3.29. The summed E-state index contributed by atoms with van der Waals surface area (Å²) in [7, 11) is 0. The van der Waals surface area contributed by atoms with Crippen LogP contribution in [0.15, 0.2) is 109 Å². The van der Waals surface area contributed by atoms with Crippen LogP contribution in [0.3, 0.4) is 0 Å². The molecule has 64 heavy (non-hydrogen) atoms. The highest BCUT2D eigenvalue weighted by atomic mass is 16.6. The summed E-state index contributed by atoms with van der Waals surface area (Å²) >= 11 is 0. The lowest BCUT2D eigenvalue weighted by molar-refractivity contribution is -0.167. The molecule has 362 valence electrons. The maximum atomic E-state index is 12.8. The van der Waals surface area contributed by atoms with Gasteiger partial charge in [-0.25, -0.2) is 0 Å². The summed E-state index contributed by atoms with van der Waals surface area (Å²) in [6.07, 6.45) is 69.2. The molecule has 0 aliphatic heterocycles. The minimum Gasteiger partial charge on any atom is -0.462 e. The van der Waals surface area contributed by atoms with E-state index in [1.807, 2.05) is 24.3 Å². The number of hydrogen-bond acceptors (Lipinski definition) is 6. The molecular weight excluding hydrogens is 793 g/mol. The molecule has 6 heteroatoms. The van der Waals surface area contributed by atoms with E-state index in [1.165, 1.54) is 57.8 Å². The molecule has 0 N–H and O–H groups in total. The number of ether oxygens (including phenoxy) is 3. The number of rotatable bonds is 45. The largest absolute Gasteiger partial charge is 0.462 e. The number of carbonyl (C=O) groups excluding carboxylic acids is 3. The summed E-state index contributed by atoms with van der Waals surface area (Å²) in [6.45, 7) is 6.32. The predicted octanol–water partition coefficient (Wildman–Crippen LogP) is 17.1. The molecule has 0 amide bonds. The van der Waals surface area contributed by atoms with Crippen molar-refractivity contribution >= 4 is 17.9 Å². The smallest absolute Gasteiger partial charge is 0.306 e. The van der Waals surface area contributed by atoms with E-state index in [-0.39, 0.29) is 31.1 Å². The molecule has 0 aliphatic carbocycles. The fourth-order valence-electron chi connectivity index (χ4n) is 6.77. The first-order valence-corrected chi connectivity index (χ1v) is 25.9. The van der Waals surface area contributed by atoms with Crippen LogP contribution in [-0.4, -0.2) is 37.2 Å². The molecule has 1 unspecified atom stereocenters. The third-order valence-electron chi connectivity index (χ3n) is 10.6. The van der Waals surface area contributed by atoms with E-state index in [1.54, 1.807) is 0 Å². The Kier molecular flexibility index (Phi) is 48.5. The first kappa shape index (κ1) is 60.1. The Bertz CT molecular complexity index is 1340. The lowest BCUT2D eigenvalue weighted by Crippen LogP contribution is -2.30. The van der Waals surface area contributed by atoms with E-state index in [4.69, 9.17) is 14.2 Å². The van der Waals surface area contributed by atoms with Crippen LogP contribution in [0.5, 0.6) is 0 Å². The number of allylic oxidation sites excluding steroid dienone is 18. The Balaban J connectivity index is 4.49. The van der Waals surface area contributed by atoms with Crippen molar-refractivity contribution < 1.29 is 28.6 Å². The van der Waals surface area contributed by atoms with Crippen molar-refractivity contribution in [3.63, 3.8) is 0 Å². The maximum Gasteiger partial charge on any atom is 0.306 e. The van der Waals surface area contributed by atoms with Gasteiger partial charge in [0.1, 0.15) is 13.2 Å². The molecule has 0 aliphatic rings. The number of unbranched alkanes of at least 4 members (excludes halogenated alkanes) is 19. The van der Waals surface area contributed by atoms with Gasteiger partial charge in [0.25, 0.3) is 0 Å². The summed E-state index contributed by atoms with van der Waals surface area (Å²) in [4.78, 5) is 38.0. The Morgan fingerprint density at radius 2 is 0.688 bits per heavy atom. The van der Waals surface area contributed by atoms with Crippen molar-refractivity contribution in [2.75, 3.05) is 13.2 Å². The fourth-order valence-corrected chi connectivity index (χ4v) is 6.77. The van der Waals surface area contributed by atoms with Crippen molar-refractivity contribution in [2.45, 2.75) is 226 Å². The lowest BCUT2D eigenvalue weighted by atomic mass is 10.0. The molecule has 0 fully saturated rings. The number of hydrogen-bond donors (Lipinski definition) is 0. The van der Waals surface area contributed by atoms with Gasteiger partial charge in [-0.05, 0) is 83.5 Å². The molecule has 0 spiro atoms. The average molecular weight is 887 g/mol. The van der Waals surface area contributed by atoms with Gasteiger partial charge >= 0.3 is 17.9 Å². The zero-order valence-corrected chi connectivity index (χ0v) is 41.3. The maximum absolute atomic E-state index is 12.8. The van der Waals surface area contributed by atoms with Gasteiger partial charge < -0.3 is 14.2 Å². The number of carbonyl (C=O) groups is 3. The van der Waals surface area contributed by atoms with Crippen LogP contribution in [0.25, 0.3) is 0 Å². The molecule has 0 heterocycles. The van der Waals surface area contributed by atoms with E-state index in [9.17, 15) is 14.4 Å². The second-order valence-corrected chi connectivity index (χ2v) is 16.8. The van der Waals surface area contributed by atoms with Gasteiger partial charge in [0.05, 0.1) is 0 Å². The third kappa shape index (κ3) is 49.1. The molecule has 0 rings (SSSR count). The van der Waals surface area contributed by atoms with Crippen molar-refractivity contribution in [1.82, 2.24) is 0 Å². The zero-order chi connectivity index (χ0) is 46.5. The van der Waals surface area contributed by atoms with Crippen LogP contribution in [0, 0.1) is 0 Å². The van der Waals surface area contributed by atoms with Gasteiger partial charge in [-0.1, -0.05) is 226 Å². The quantitative estimate of drug-likeness (QED) is 0.0199. The van der Waals surface area contributed by atoms with E-state index in [2.05, 4.69) is 106 Å². The van der Waals surface area contributed by atoms with Gasteiger partial charge in [-0.15, -0.1) is 0 Å². The lowest BCUT2D eigenvalue weighted by Gasteiger charge is -2.18. The number of esters is 3. The molecule has 0 saturated carbocycles. The molecule has 0 aromatic rings. The van der Waals surface area contributed by atoms with Crippen LogP contribution in [0.1, 0.15) is 220 Å². The predicted molar refractivity (Wildman–Crippen MR) is 274 cm³/mol. The molecule has 0 bridgehead atoms. The van der Waals surface area contributed by atoms with Gasteiger partial charge in [0, 0.05) is 19.3 Å². The summed E-state index contributed by atoms with van der Waals surface area (Å²) in [5.41, 5.74) is 0. The molecule has 0 saturated heterocycles. The van der Waals surface area contributed by atoms with E-state index in [0.717, 1.165) is 122 Å². The van der Waals surface area contributed by atoms with Gasteiger partial charge in [-0.2, -0.15) is 0 Å². The molecular formula is C58H94O6. The van der Waals surface area contributed by atoms with Crippen LogP contribution in [0.2, 0.25) is 0 Å². The summed E-state index contributed by atoms with van der Waals surface area (Å²) in [5, 5.41) is 0. The monoisotopic (exact) mass is 887 g/mol. The SMILES string of the molecule is CC\C=C/C=C\C=C/C=C\CCCCCCCC(=O)OC(COC(=O)CCCCC/C=C\C/C=C\C/C=C\C/C=C\C/C=C\CC)COC(=O)CCCCCCCCCCCCCC. The third-order valence-corrected chi connectivity index (χ3v) is 10.6. The normalized spacial score (nSPS) is 13.0. The van der Waals surface area contributed by atoms with Crippen molar-refractivity contribution in [1.29, 1.82) is 0 Å². The first-order valence-electron chi connectivity index (χ1n) is 25.9. The fraction of sp³-hybridized carbons (Fsp3) is 0.638. The second kappa shape index (κ2) is 51.7. The Labute approximate surface area is 393 Å². The molecule has 1 atom stereocenters. The minimum absolute atomic E-state index is 0.0990. The minimum atomic E-state index is -0.804. The van der Waals surface area contributed by atoms with E-state index < -0.39 is 6.10 Å². The Hall–Kier alpha value is -3.93. The second-order valence-electron chi connectivity index (χ2n) is 16.8. The van der Waals surface area contributed by atoms with Crippen LogP contribution in [-0.2, 0) is 28.6 Å². The van der Waals surface area contributed by atoms with E-state index in [0.29, 0.717) is 19.3 Å². The van der Waals surface area contributed by atoms with Crippen molar-refractivity contribution in [3.05, 3.63) is 109 Å². The summed E-state index contributed by atoms with van der Waals surface area (Å²) in [5.74, 6) is -0.960. The van der Waals surface area contributed by atoms with Gasteiger partial charge in [0.15, 0.2) is 6.10 Å². The molecule has 0 radical (unpaired) electrons. The standard InChI is InChI=1S/C58H94O6/c1-4-7-10-13-16-19-22-25-27-28-29-30-32-33-36-39-42-45-48-51-57(60)63-54-55(53-62-56(59)50-47-44-41-38-35-24-21-18-15-12-9-6-3)64-58(61)52-49-46-43-40-37-34-31-26-23-20-17-14-11-8-5-2/h7-8,10-11,14,16-17,19-20,23,25-27,29-31,33,36,55H,4-6,9,12-13,15,18,21-22,24,28,32,34-35,37-54H2,1-3H3/b10-7-,11-8-,17-14-,19-16-,23-20-,27-25-,30-29-,31-26-,36-33-. The highest BCUT2D eigenvalue weighted by molar-refractivity contribution is 5.71. The van der Waals surface area contributed by atoms with Gasteiger partial charge in [0.2, 0.25) is 0 Å². The van der Waals surface area contributed by atoms with E-state index >= 15 is 0 Å². The van der Waals surface area contributed by atoms with Crippen LogP contribution in [0.4, 0.5) is 0 Å².